The molecule has 0 unspecified atom stereocenters. The standard InChI is InChI=1S/C20H21ClN4O2S3/c1-2-17-23-24-19(30-17)22-16(26)10-4-3-7-11-25-18(27)15(29-20(25)28)12-13-8-5-6-9-14(13)21/h5-6,8-9,12H,2-4,7,10-11H2,1H3,(H,22,24,26)/b15-12-. The number of carbonyl (C=O) groups is 2. The maximum Gasteiger partial charge on any atom is 0.266 e. The highest BCUT2D eigenvalue weighted by molar-refractivity contribution is 8.26. The molecule has 30 heavy (non-hydrogen) atoms. The minimum atomic E-state index is -0.0920. The maximum absolute atomic E-state index is 12.7. The first-order chi connectivity index (χ1) is 14.5. The summed E-state index contributed by atoms with van der Waals surface area (Å²) in [6.07, 6.45) is 5.32. The van der Waals surface area contributed by atoms with Crippen molar-refractivity contribution in [3.8, 4) is 0 Å². The van der Waals surface area contributed by atoms with E-state index in [0.717, 1.165) is 36.3 Å². The number of rotatable bonds is 9. The van der Waals surface area contributed by atoms with Gasteiger partial charge in [0.25, 0.3) is 5.91 Å². The fourth-order valence-corrected chi connectivity index (χ4v) is 4.97. The summed E-state index contributed by atoms with van der Waals surface area (Å²) in [7, 11) is 0. The number of carbonyl (C=O) groups excluding carboxylic acids is 2. The van der Waals surface area contributed by atoms with Gasteiger partial charge in [0.2, 0.25) is 11.0 Å². The Hall–Kier alpha value is -1.81. The molecule has 0 spiro atoms. The Balaban J connectivity index is 1.41. The molecule has 6 nitrogen and oxygen atoms in total. The SMILES string of the molecule is CCc1nnc(NC(=O)CCCCCN2C(=O)/C(=C/c3ccccc3Cl)SC2=S)s1. The summed E-state index contributed by atoms with van der Waals surface area (Å²) in [4.78, 5) is 26.9. The minimum Gasteiger partial charge on any atom is -0.301 e. The number of unbranched alkanes of at least 4 members (excludes halogenated alkanes) is 2. The molecule has 10 heteroatoms. The Labute approximate surface area is 194 Å². The molecule has 0 saturated carbocycles. The van der Waals surface area contributed by atoms with Crippen molar-refractivity contribution in [2.75, 3.05) is 11.9 Å². The van der Waals surface area contributed by atoms with Gasteiger partial charge in [0.15, 0.2) is 0 Å². The summed E-state index contributed by atoms with van der Waals surface area (Å²) < 4.78 is 0.555. The number of aryl methyl sites for hydroxylation is 1. The van der Waals surface area contributed by atoms with Gasteiger partial charge in [-0.15, -0.1) is 10.2 Å². The number of benzene rings is 1. The van der Waals surface area contributed by atoms with E-state index in [1.807, 2.05) is 25.1 Å². The van der Waals surface area contributed by atoms with Crippen molar-refractivity contribution >= 4 is 74.3 Å². The van der Waals surface area contributed by atoms with Crippen molar-refractivity contribution in [1.29, 1.82) is 0 Å². The van der Waals surface area contributed by atoms with Crippen LogP contribution < -0.4 is 5.32 Å². The van der Waals surface area contributed by atoms with Gasteiger partial charge in [-0.05, 0) is 37.0 Å². The molecule has 1 aliphatic heterocycles. The molecule has 1 saturated heterocycles. The summed E-state index contributed by atoms with van der Waals surface area (Å²) in [5.74, 6) is -0.159. The van der Waals surface area contributed by atoms with Crippen LogP contribution >= 0.6 is 46.9 Å². The van der Waals surface area contributed by atoms with Crippen LogP contribution in [0.2, 0.25) is 5.02 Å². The normalized spacial score (nSPS) is 15.3. The predicted molar refractivity (Wildman–Crippen MR) is 128 cm³/mol. The molecule has 1 aromatic carbocycles. The van der Waals surface area contributed by atoms with Crippen molar-refractivity contribution in [3.63, 3.8) is 0 Å². The lowest BCUT2D eigenvalue weighted by Gasteiger charge is -2.14. The highest BCUT2D eigenvalue weighted by Crippen LogP contribution is 2.33. The van der Waals surface area contributed by atoms with Crippen molar-refractivity contribution in [3.05, 3.63) is 44.8 Å². The zero-order valence-electron chi connectivity index (χ0n) is 16.4. The van der Waals surface area contributed by atoms with Crippen molar-refractivity contribution < 1.29 is 9.59 Å². The van der Waals surface area contributed by atoms with E-state index in [4.69, 9.17) is 23.8 Å². The van der Waals surface area contributed by atoms with Crippen LogP contribution in [0.25, 0.3) is 6.08 Å². The highest BCUT2D eigenvalue weighted by atomic mass is 35.5. The van der Waals surface area contributed by atoms with Gasteiger partial charge in [-0.1, -0.05) is 78.5 Å². The first kappa shape index (κ1) is 22.9. The number of aromatic nitrogens is 2. The van der Waals surface area contributed by atoms with Crippen LogP contribution in [0.1, 0.15) is 43.2 Å². The summed E-state index contributed by atoms with van der Waals surface area (Å²) in [6.45, 7) is 2.54. The van der Waals surface area contributed by atoms with Crippen molar-refractivity contribution in [1.82, 2.24) is 15.1 Å². The van der Waals surface area contributed by atoms with Gasteiger partial charge in [0.05, 0.1) is 4.91 Å². The fourth-order valence-electron chi connectivity index (χ4n) is 2.79. The molecule has 0 bridgehead atoms. The minimum absolute atomic E-state index is 0.0675. The van der Waals surface area contributed by atoms with Gasteiger partial charge in [-0.3, -0.25) is 14.5 Å². The second kappa shape index (κ2) is 11.0. The van der Waals surface area contributed by atoms with E-state index in [9.17, 15) is 9.59 Å². The third-order valence-electron chi connectivity index (χ3n) is 4.37. The first-order valence-electron chi connectivity index (χ1n) is 9.60. The number of nitrogens with zero attached hydrogens (tertiary/aromatic N) is 3. The second-order valence-corrected chi connectivity index (χ2v) is 9.71. The maximum atomic E-state index is 12.7. The number of halogens is 1. The Morgan fingerprint density at radius 3 is 2.80 bits per heavy atom. The summed E-state index contributed by atoms with van der Waals surface area (Å²) in [5, 5.41) is 12.7. The lowest BCUT2D eigenvalue weighted by molar-refractivity contribution is -0.122. The predicted octanol–water partition coefficient (Wildman–Crippen LogP) is 5.15. The molecule has 3 rings (SSSR count). The Morgan fingerprint density at radius 1 is 1.27 bits per heavy atom. The average Bonchev–Trinajstić information content (AvgIpc) is 3.28. The van der Waals surface area contributed by atoms with Crippen LogP contribution in [0.4, 0.5) is 5.13 Å². The first-order valence-corrected chi connectivity index (χ1v) is 12.0. The molecular weight excluding hydrogens is 460 g/mol. The van der Waals surface area contributed by atoms with Crippen LogP contribution in [0, 0.1) is 0 Å². The van der Waals surface area contributed by atoms with Gasteiger partial charge in [0, 0.05) is 18.0 Å². The van der Waals surface area contributed by atoms with E-state index in [-0.39, 0.29) is 11.8 Å². The number of thiocarbonyl (C=S) groups is 1. The van der Waals surface area contributed by atoms with Crippen LogP contribution in [0.15, 0.2) is 29.2 Å². The van der Waals surface area contributed by atoms with E-state index in [1.165, 1.54) is 23.1 Å². The zero-order chi connectivity index (χ0) is 21.5. The van der Waals surface area contributed by atoms with E-state index in [2.05, 4.69) is 15.5 Å². The summed E-state index contributed by atoms with van der Waals surface area (Å²) >= 11 is 14.2. The molecule has 158 valence electrons. The number of hydrogen-bond acceptors (Lipinski definition) is 7. The molecular formula is C20H21ClN4O2S3. The highest BCUT2D eigenvalue weighted by Gasteiger charge is 2.31. The smallest absolute Gasteiger partial charge is 0.266 e. The van der Waals surface area contributed by atoms with Crippen molar-refractivity contribution in [2.45, 2.75) is 39.0 Å². The van der Waals surface area contributed by atoms with Crippen LogP contribution in [-0.4, -0.2) is 37.8 Å². The molecule has 1 N–H and O–H groups in total. The van der Waals surface area contributed by atoms with E-state index in [0.29, 0.717) is 32.3 Å². The fraction of sp³-hybridized carbons (Fsp3) is 0.350. The van der Waals surface area contributed by atoms with Gasteiger partial charge < -0.3 is 5.32 Å². The molecule has 1 aliphatic rings. The molecule has 0 atom stereocenters. The van der Waals surface area contributed by atoms with Gasteiger partial charge in [-0.2, -0.15) is 0 Å². The molecule has 1 aromatic heterocycles. The molecule has 2 heterocycles. The average molecular weight is 481 g/mol. The van der Waals surface area contributed by atoms with E-state index >= 15 is 0 Å². The van der Waals surface area contributed by atoms with E-state index in [1.54, 1.807) is 17.0 Å². The second-order valence-electron chi connectivity index (χ2n) is 6.57. The molecule has 0 radical (unpaired) electrons. The van der Waals surface area contributed by atoms with Gasteiger partial charge in [-0.25, -0.2) is 0 Å². The Kier molecular flexibility index (Phi) is 8.38. The summed E-state index contributed by atoms with van der Waals surface area (Å²) in [6, 6.07) is 7.38. The van der Waals surface area contributed by atoms with Crippen LogP contribution in [0.5, 0.6) is 0 Å². The van der Waals surface area contributed by atoms with Crippen LogP contribution in [-0.2, 0) is 16.0 Å². The molecule has 1 fully saturated rings. The zero-order valence-corrected chi connectivity index (χ0v) is 19.6. The third kappa shape index (κ3) is 6.10. The number of hydrogen-bond donors (Lipinski definition) is 1. The Bertz CT molecular complexity index is 976. The lowest BCUT2D eigenvalue weighted by atomic mass is 10.1. The lowest BCUT2D eigenvalue weighted by Crippen LogP contribution is -2.29. The number of amides is 2. The van der Waals surface area contributed by atoms with E-state index < -0.39 is 0 Å². The third-order valence-corrected chi connectivity index (χ3v) is 7.07. The number of thioether (sulfide) groups is 1. The Morgan fingerprint density at radius 2 is 2.07 bits per heavy atom. The molecule has 2 amide bonds. The van der Waals surface area contributed by atoms with Crippen molar-refractivity contribution in [2.24, 2.45) is 0 Å². The largest absolute Gasteiger partial charge is 0.301 e. The topological polar surface area (TPSA) is 75.2 Å². The molecule has 0 aliphatic carbocycles. The van der Waals surface area contributed by atoms with Crippen LogP contribution in [0.3, 0.4) is 0 Å². The summed E-state index contributed by atoms with van der Waals surface area (Å²) in [5.41, 5.74) is 0.798. The van der Waals surface area contributed by atoms with Gasteiger partial charge >= 0.3 is 0 Å². The number of nitrogens with one attached hydrogen (secondary N) is 1. The quantitative estimate of drug-likeness (QED) is 0.304. The van der Waals surface area contributed by atoms with Gasteiger partial charge in [0.1, 0.15) is 9.33 Å². The molecule has 2 aromatic rings. The number of anilines is 1. The monoisotopic (exact) mass is 480 g/mol.